The number of nitrogens with one attached hydrogen (secondary N) is 4. The fourth-order valence-corrected chi connectivity index (χ4v) is 3.42. The van der Waals surface area contributed by atoms with Gasteiger partial charge in [0, 0.05) is 23.1 Å². The van der Waals surface area contributed by atoms with Gasteiger partial charge in [-0.05, 0) is 47.5 Å². The molecule has 0 atom stereocenters. The molecule has 10 heteroatoms. The van der Waals surface area contributed by atoms with Gasteiger partial charge in [-0.15, -0.1) is 12.4 Å². The van der Waals surface area contributed by atoms with E-state index in [0.29, 0.717) is 23.0 Å². The lowest BCUT2D eigenvalue weighted by Crippen LogP contribution is -2.35. The smallest absolute Gasteiger partial charge is 0.292 e. The predicted molar refractivity (Wildman–Crippen MR) is 135 cm³/mol. The Morgan fingerprint density at radius 2 is 1.61 bits per heavy atom. The summed E-state index contributed by atoms with van der Waals surface area (Å²) in [6.45, 7) is 0.630. The Morgan fingerprint density at radius 3 is 2.33 bits per heavy atom. The maximum atomic E-state index is 12.8. The minimum atomic E-state index is -0.785. The Hall–Kier alpha value is -3.43. The lowest BCUT2D eigenvalue weighted by atomic mass is 10.1. The van der Waals surface area contributed by atoms with Crippen molar-refractivity contribution in [2.24, 2.45) is 5.73 Å². The first-order valence-corrected chi connectivity index (χ1v) is 10.6. The van der Waals surface area contributed by atoms with Gasteiger partial charge in [-0.2, -0.15) is 0 Å². The first-order valence-electron chi connectivity index (χ1n) is 9.85. The third-order valence-electron chi connectivity index (χ3n) is 4.65. The average Bonchev–Trinajstić information content (AvgIpc) is 2.78. The highest BCUT2D eigenvalue weighted by Crippen LogP contribution is 2.23. The molecule has 0 spiro atoms. The monoisotopic (exact) mass is 531 g/mol. The van der Waals surface area contributed by atoms with Crippen LogP contribution in [0.1, 0.15) is 27.1 Å². The number of rotatable bonds is 8. The highest BCUT2D eigenvalue weighted by atomic mass is 79.9. The second kappa shape index (κ2) is 12.0. The fourth-order valence-electron chi connectivity index (χ4n) is 3.05. The van der Waals surface area contributed by atoms with Gasteiger partial charge < -0.3 is 21.7 Å². The quantitative estimate of drug-likeness (QED) is 0.0995. The highest BCUT2D eigenvalue weighted by Gasteiger charge is 2.21. The average molecular weight is 533 g/mol. The van der Waals surface area contributed by atoms with Crippen LogP contribution >= 0.6 is 28.3 Å². The summed E-state index contributed by atoms with van der Waals surface area (Å²) in [6, 6.07) is 17.8. The SMILES string of the molecule is Cl.N=C(N)NCCCNC(=O)C(=O)c1cc(Br)ccc1NC(=O)c1ccc2ccccc2c1. The lowest BCUT2D eigenvalue weighted by molar-refractivity contribution is -0.117. The van der Waals surface area contributed by atoms with Crippen LogP contribution in [0.4, 0.5) is 5.69 Å². The molecule has 0 aliphatic heterocycles. The zero-order valence-corrected chi connectivity index (χ0v) is 19.9. The molecule has 3 aromatic carbocycles. The van der Waals surface area contributed by atoms with Crippen molar-refractivity contribution in [1.82, 2.24) is 10.6 Å². The van der Waals surface area contributed by atoms with Crippen LogP contribution in [0.15, 0.2) is 65.1 Å². The van der Waals surface area contributed by atoms with E-state index in [0.717, 1.165) is 10.8 Å². The molecular weight excluding hydrogens is 510 g/mol. The Kier molecular flexibility index (Phi) is 9.38. The zero-order chi connectivity index (χ0) is 23.1. The van der Waals surface area contributed by atoms with Gasteiger partial charge in [0.15, 0.2) is 5.96 Å². The molecule has 0 heterocycles. The number of hydrogen-bond acceptors (Lipinski definition) is 4. The second-order valence-corrected chi connectivity index (χ2v) is 7.90. The number of carbonyl (C=O) groups is 3. The van der Waals surface area contributed by atoms with Gasteiger partial charge in [-0.1, -0.05) is 46.3 Å². The van der Waals surface area contributed by atoms with E-state index in [9.17, 15) is 14.4 Å². The number of amides is 2. The van der Waals surface area contributed by atoms with Gasteiger partial charge >= 0.3 is 0 Å². The molecule has 0 saturated heterocycles. The van der Waals surface area contributed by atoms with E-state index in [-0.39, 0.29) is 42.1 Å². The van der Waals surface area contributed by atoms with Crippen LogP contribution in [-0.4, -0.2) is 36.6 Å². The summed E-state index contributed by atoms with van der Waals surface area (Å²) in [5.41, 5.74) is 5.94. The number of halogens is 2. The summed E-state index contributed by atoms with van der Waals surface area (Å²) in [5.74, 6) is -2.09. The van der Waals surface area contributed by atoms with Gasteiger partial charge in [0.2, 0.25) is 0 Å². The van der Waals surface area contributed by atoms with E-state index in [1.165, 1.54) is 6.07 Å². The summed E-state index contributed by atoms with van der Waals surface area (Å²) in [4.78, 5) is 37.9. The third kappa shape index (κ3) is 7.03. The van der Waals surface area contributed by atoms with Crippen molar-refractivity contribution >= 4 is 68.4 Å². The normalized spacial score (nSPS) is 10.1. The Bertz CT molecular complexity index is 1200. The van der Waals surface area contributed by atoms with E-state index >= 15 is 0 Å². The largest absolute Gasteiger partial charge is 0.370 e. The third-order valence-corrected chi connectivity index (χ3v) is 5.14. The number of Topliss-reactive ketones (excluding diaryl/α,β-unsaturated/α-hetero) is 1. The maximum absolute atomic E-state index is 12.8. The van der Waals surface area contributed by atoms with E-state index in [4.69, 9.17) is 11.1 Å². The van der Waals surface area contributed by atoms with Crippen LogP contribution in [0.2, 0.25) is 0 Å². The van der Waals surface area contributed by atoms with Crippen molar-refractivity contribution in [2.75, 3.05) is 18.4 Å². The van der Waals surface area contributed by atoms with Crippen molar-refractivity contribution in [3.05, 3.63) is 76.3 Å². The first kappa shape index (κ1) is 25.8. The van der Waals surface area contributed by atoms with Gasteiger partial charge in [-0.25, -0.2) is 0 Å². The molecule has 172 valence electrons. The van der Waals surface area contributed by atoms with Gasteiger partial charge in [0.25, 0.3) is 17.6 Å². The van der Waals surface area contributed by atoms with Crippen LogP contribution in [0.5, 0.6) is 0 Å². The zero-order valence-electron chi connectivity index (χ0n) is 17.5. The molecule has 0 aliphatic rings. The fraction of sp³-hybridized carbons (Fsp3) is 0.130. The molecule has 0 radical (unpaired) electrons. The van der Waals surface area contributed by atoms with Crippen LogP contribution in [0, 0.1) is 5.41 Å². The molecule has 6 N–H and O–H groups in total. The van der Waals surface area contributed by atoms with Gasteiger partial charge in [0.1, 0.15) is 0 Å². The van der Waals surface area contributed by atoms with Crippen LogP contribution in [0.3, 0.4) is 0 Å². The molecule has 0 fully saturated rings. The first-order chi connectivity index (χ1) is 15.3. The number of anilines is 1. The molecule has 0 aliphatic carbocycles. The molecule has 3 aromatic rings. The lowest BCUT2D eigenvalue weighted by Gasteiger charge is -2.12. The minimum Gasteiger partial charge on any atom is -0.370 e. The number of guanidine groups is 1. The number of carbonyl (C=O) groups excluding carboxylic acids is 3. The van der Waals surface area contributed by atoms with Crippen molar-refractivity contribution in [3.63, 3.8) is 0 Å². The second-order valence-electron chi connectivity index (χ2n) is 6.98. The van der Waals surface area contributed by atoms with Crippen LogP contribution < -0.4 is 21.7 Å². The molecule has 8 nitrogen and oxygen atoms in total. The van der Waals surface area contributed by atoms with E-state index in [1.807, 2.05) is 30.3 Å². The number of fused-ring (bicyclic) bond motifs is 1. The van der Waals surface area contributed by atoms with Gasteiger partial charge in [-0.3, -0.25) is 19.8 Å². The summed E-state index contributed by atoms with van der Waals surface area (Å²) < 4.78 is 0.600. The Labute approximate surface area is 205 Å². The Balaban J connectivity index is 0.00000385. The van der Waals surface area contributed by atoms with Crippen LogP contribution in [0.25, 0.3) is 10.8 Å². The van der Waals surface area contributed by atoms with Crippen molar-refractivity contribution in [2.45, 2.75) is 6.42 Å². The van der Waals surface area contributed by atoms with E-state index in [2.05, 4.69) is 31.9 Å². The summed E-state index contributed by atoms with van der Waals surface area (Å²) in [6.07, 6.45) is 0.489. The van der Waals surface area contributed by atoms with E-state index < -0.39 is 11.7 Å². The maximum Gasteiger partial charge on any atom is 0.292 e. The molecule has 0 saturated carbocycles. The van der Waals surface area contributed by atoms with E-state index in [1.54, 1.807) is 24.3 Å². The molecule has 2 amide bonds. The number of nitrogens with two attached hydrogens (primary N) is 1. The predicted octanol–water partition coefficient (Wildman–Crippen LogP) is 3.45. The van der Waals surface area contributed by atoms with Crippen molar-refractivity contribution in [1.29, 1.82) is 5.41 Å². The van der Waals surface area contributed by atoms with Crippen molar-refractivity contribution < 1.29 is 14.4 Å². The molecule has 0 aromatic heterocycles. The topological polar surface area (TPSA) is 137 Å². The van der Waals surface area contributed by atoms with Gasteiger partial charge in [0.05, 0.1) is 11.3 Å². The standard InChI is InChI=1S/C23H22BrN5O3.ClH/c24-17-8-9-19(18(13-17)20(30)22(32)27-10-3-11-28-23(25)26)29-21(31)16-7-6-14-4-1-2-5-15(14)12-16;/h1-2,4-9,12-13H,3,10-11H2,(H,27,32)(H,29,31)(H4,25,26,28);1H. The van der Waals surface area contributed by atoms with Crippen molar-refractivity contribution in [3.8, 4) is 0 Å². The summed E-state index contributed by atoms with van der Waals surface area (Å²) in [7, 11) is 0. The molecule has 33 heavy (non-hydrogen) atoms. The Morgan fingerprint density at radius 1 is 0.909 bits per heavy atom. The summed E-state index contributed by atoms with van der Waals surface area (Å²) in [5, 5.41) is 16.9. The molecule has 0 bridgehead atoms. The highest BCUT2D eigenvalue weighted by molar-refractivity contribution is 9.10. The summed E-state index contributed by atoms with van der Waals surface area (Å²) >= 11 is 3.30. The molecule has 0 unspecified atom stereocenters. The molecule has 3 rings (SSSR count). The number of hydrogen-bond donors (Lipinski definition) is 5. The number of benzene rings is 3. The molecular formula is C23H23BrClN5O3. The number of ketones is 1. The van der Waals surface area contributed by atoms with Crippen LogP contribution in [-0.2, 0) is 4.79 Å². The minimum absolute atomic E-state index is 0.